The largest absolute Gasteiger partial charge is 0.473 e. The summed E-state index contributed by atoms with van der Waals surface area (Å²) in [5.74, 6) is -2.37. The highest BCUT2D eigenvalue weighted by Gasteiger charge is 2.23. The van der Waals surface area contributed by atoms with Gasteiger partial charge in [-0.05, 0) is 56.8 Å². The lowest BCUT2D eigenvalue weighted by atomic mass is 10.1. The van der Waals surface area contributed by atoms with E-state index in [0.29, 0.717) is 0 Å². The summed E-state index contributed by atoms with van der Waals surface area (Å²) in [5, 5.41) is 23.4. The van der Waals surface area contributed by atoms with Crippen LogP contribution >= 0.6 is 0 Å². The number of carbonyl (C=O) groups is 2. The Morgan fingerprint density at radius 3 is 2.09 bits per heavy atom. The van der Waals surface area contributed by atoms with Gasteiger partial charge in [-0.15, -0.1) is 0 Å². The zero-order valence-corrected chi connectivity index (χ0v) is 19.5. The molecule has 1 fully saturated rings. The molecule has 1 aliphatic heterocycles. The van der Waals surface area contributed by atoms with Gasteiger partial charge in [0.2, 0.25) is 0 Å². The van der Waals surface area contributed by atoms with Crippen molar-refractivity contribution in [2.75, 3.05) is 24.5 Å². The molecule has 3 aromatic rings. The maximum atomic E-state index is 9.10. The van der Waals surface area contributed by atoms with Gasteiger partial charge in [-0.25, -0.2) is 14.3 Å². The number of aliphatic carboxylic acids is 2. The van der Waals surface area contributed by atoms with Crippen LogP contribution in [0.25, 0.3) is 5.69 Å². The first kappa shape index (κ1) is 25.0. The molecule has 3 N–H and O–H groups in total. The number of para-hydroxylation sites is 1. The van der Waals surface area contributed by atoms with Crippen molar-refractivity contribution in [2.45, 2.75) is 39.2 Å². The predicted molar refractivity (Wildman–Crippen MR) is 131 cm³/mol. The van der Waals surface area contributed by atoms with Crippen LogP contribution < -0.4 is 10.2 Å². The number of carboxylic acids is 2. The van der Waals surface area contributed by atoms with E-state index in [1.165, 1.54) is 36.2 Å². The molecule has 0 radical (unpaired) electrons. The zero-order valence-electron chi connectivity index (χ0n) is 19.5. The van der Waals surface area contributed by atoms with E-state index in [1.807, 2.05) is 0 Å². The highest BCUT2D eigenvalue weighted by Crippen LogP contribution is 2.29. The molecule has 0 unspecified atom stereocenters. The molecule has 0 atom stereocenters. The average molecular weight is 465 g/mol. The van der Waals surface area contributed by atoms with Crippen molar-refractivity contribution in [1.82, 2.24) is 15.1 Å². The van der Waals surface area contributed by atoms with E-state index in [9.17, 15) is 0 Å². The van der Waals surface area contributed by atoms with Gasteiger partial charge in [0.25, 0.3) is 0 Å². The Balaban J connectivity index is 0.000000481. The first-order chi connectivity index (χ1) is 16.5. The lowest BCUT2D eigenvalue weighted by molar-refractivity contribution is -0.159. The topological polar surface area (TPSA) is 108 Å². The Morgan fingerprint density at radius 1 is 0.912 bits per heavy atom. The minimum Gasteiger partial charge on any atom is -0.473 e. The molecule has 0 spiro atoms. The first-order valence-corrected chi connectivity index (χ1v) is 11.6. The van der Waals surface area contributed by atoms with Crippen molar-refractivity contribution in [2.24, 2.45) is 0 Å². The van der Waals surface area contributed by atoms with E-state index in [4.69, 9.17) is 24.9 Å². The third kappa shape index (κ3) is 6.92. The van der Waals surface area contributed by atoms with Crippen molar-refractivity contribution < 1.29 is 19.8 Å². The van der Waals surface area contributed by atoms with Gasteiger partial charge in [0, 0.05) is 25.2 Å². The van der Waals surface area contributed by atoms with Gasteiger partial charge in [0.05, 0.1) is 11.4 Å². The third-order valence-corrected chi connectivity index (χ3v) is 5.73. The van der Waals surface area contributed by atoms with E-state index >= 15 is 0 Å². The molecular weight excluding hydrogens is 432 g/mol. The minimum atomic E-state index is -1.82. The minimum absolute atomic E-state index is 0.858. The first-order valence-electron chi connectivity index (χ1n) is 11.6. The number of aromatic nitrogens is 2. The fraction of sp³-hybridized carbons (Fsp3) is 0.346. The summed E-state index contributed by atoms with van der Waals surface area (Å²) in [7, 11) is 0. The fourth-order valence-electron chi connectivity index (χ4n) is 4.02. The average Bonchev–Trinajstić information content (AvgIpc) is 3.20. The van der Waals surface area contributed by atoms with Gasteiger partial charge in [-0.1, -0.05) is 48.5 Å². The lowest BCUT2D eigenvalue weighted by Crippen LogP contribution is -2.32. The number of hydrogen-bond donors (Lipinski definition) is 3. The summed E-state index contributed by atoms with van der Waals surface area (Å²) in [6.45, 7) is 6.21. The van der Waals surface area contributed by atoms with Crippen LogP contribution in [0.15, 0.2) is 60.7 Å². The van der Waals surface area contributed by atoms with Crippen molar-refractivity contribution in [3.8, 4) is 5.69 Å². The van der Waals surface area contributed by atoms with Gasteiger partial charge in [0.15, 0.2) is 0 Å². The Hall–Kier alpha value is -3.65. The van der Waals surface area contributed by atoms with Gasteiger partial charge >= 0.3 is 11.9 Å². The summed E-state index contributed by atoms with van der Waals surface area (Å²) in [6.07, 6.45) is 4.91. The monoisotopic (exact) mass is 464 g/mol. The highest BCUT2D eigenvalue weighted by molar-refractivity contribution is 6.27. The fourth-order valence-corrected chi connectivity index (χ4v) is 4.02. The molecule has 1 saturated heterocycles. The Kier molecular flexibility index (Phi) is 9.22. The Bertz CT molecular complexity index is 1050. The van der Waals surface area contributed by atoms with E-state index in [-0.39, 0.29) is 0 Å². The number of benzene rings is 2. The van der Waals surface area contributed by atoms with Crippen molar-refractivity contribution in [1.29, 1.82) is 0 Å². The molecule has 2 heterocycles. The number of aryl methyl sites for hydroxylation is 1. The highest BCUT2D eigenvalue weighted by atomic mass is 16.4. The van der Waals surface area contributed by atoms with Crippen LogP contribution in [0.1, 0.15) is 36.1 Å². The van der Waals surface area contributed by atoms with E-state index in [2.05, 4.69) is 82.5 Å². The second kappa shape index (κ2) is 12.6. The molecule has 0 aliphatic carbocycles. The summed E-state index contributed by atoms with van der Waals surface area (Å²) in [6, 6.07) is 21.2. The second-order valence-corrected chi connectivity index (χ2v) is 8.21. The van der Waals surface area contributed by atoms with Crippen LogP contribution in [-0.4, -0.2) is 51.6 Å². The molecule has 34 heavy (non-hydrogen) atoms. The van der Waals surface area contributed by atoms with E-state index < -0.39 is 11.9 Å². The van der Waals surface area contributed by atoms with E-state index in [0.717, 1.165) is 44.0 Å². The number of anilines is 1. The standard InChI is InChI=1S/C24H30N4.C2H2O4/c1-20-23(19-25-16-15-21-11-5-2-6-12-21)24(27-17-9-4-10-18-27)28(26-20)22-13-7-3-8-14-22;3-1(4)2(5)6/h2-3,5-8,11-14,25H,4,9-10,15-19H2,1H3;(H,3,4)(H,5,6). The molecule has 180 valence electrons. The number of rotatable bonds is 7. The Labute approximate surface area is 199 Å². The second-order valence-electron chi connectivity index (χ2n) is 8.21. The molecule has 1 aromatic heterocycles. The van der Waals surface area contributed by atoms with Crippen LogP contribution in [0.5, 0.6) is 0 Å². The molecule has 8 heteroatoms. The van der Waals surface area contributed by atoms with Crippen LogP contribution in [0.4, 0.5) is 5.82 Å². The quantitative estimate of drug-likeness (QED) is 0.362. The number of carboxylic acid groups (broad SMARTS) is 2. The number of piperidine rings is 1. The Morgan fingerprint density at radius 2 is 1.50 bits per heavy atom. The molecule has 0 saturated carbocycles. The maximum Gasteiger partial charge on any atom is 0.414 e. The summed E-state index contributed by atoms with van der Waals surface area (Å²) in [5.41, 5.74) is 4.97. The molecule has 1 aliphatic rings. The lowest BCUT2D eigenvalue weighted by Gasteiger charge is -2.30. The molecule has 0 bridgehead atoms. The molecule has 8 nitrogen and oxygen atoms in total. The van der Waals surface area contributed by atoms with Crippen LogP contribution in [0.3, 0.4) is 0 Å². The van der Waals surface area contributed by atoms with Crippen LogP contribution in [0, 0.1) is 6.92 Å². The van der Waals surface area contributed by atoms with Gasteiger partial charge in [-0.2, -0.15) is 5.10 Å². The molecule has 4 rings (SSSR count). The van der Waals surface area contributed by atoms with Gasteiger partial charge in [0.1, 0.15) is 5.82 Å². The SMILES string of the molecule is Cc1nn(-c2ccccc2)c(N2CCCCC2)c1CNCCc1ccccc1.O=C(O)C(=O)O. The van der Waals surface area contributed by atoms with Gasteiger partial charge in [-0.3, -0.25) is 0 Å². The van der Waals surface area contributed by atoms with Crippen molar-refractivity contribution in [3.05, 3.63) is 77.5 Å². The number of hydrogen-bond acceptors (Lipinski definition) is 5. The smallest absolute Gasteiger partial charge is 0.414 e. The summed E-state index contributed by atoms with van der Waals surface area (Å²) < 4.78 is 2.15. The third-order valence-electron chi connectivity index (χ3n) is 5.73. The normalized spacial score (nSPS) is 13.1. The predicted octanol–water partition coefficient (Wildman–Crippen LogP) is 3.66. The molecular formula is C26H32N4O4. The zero-order chi connectivity index (χ0) is 24.3. The molecule has 2 aromatic carbocycles. The summed E-state index contributed by atoms with van der Waals surface area (Å²) in [4.78, 5) is 20.7. The molecule has 0 amide bonds. The van der Waals surface area contributed by atoms with Crippen molar-refractivity contribution >= 4 is 17.8 Å². The van der Waals surface area contributed by atoms with Crippen molar-refractivity contribution in [3.63, 3.8) is 0 Å². The number of nitrogens with one attached hydrogen (secondary N) is 1. The van der Waals surface area contributed by atoms with E-state index in [1.54, 1.807) is 0 Å². The van der Waals surface area contributed by atoms with Crippen LogP contribution in [-0.2, 0) is 22.6 Å². The number of nitrogens with zero attached hydrogens (tertiary/aromatic N) is 3. The van der Waals surface area contributed by atoms with Gasteiger partial charge < -0.3 is 20.4 Å². The summed E-state index contributed by atoms with van der Waals surface area (Å²) >= 11 is 0. The van der Waals surface area contributed by atoms with Crippen LogP contribution in [0.2, 0.25) is 0 Å². The maximum absolute atomic E-state index is 9.10.